The van der Waals surface area contributed by atoms with Crippen LogP contribution in [-0.2, 0) is 12.8 Å². The van der Waals surface area contributed by atoms with Crippen molar-refractivity contribution >= 4 is 17.3 Å². The van der Waals surface area contributed by atoms with Crippen molar-refractivity contribution in [3.8, 4) is 0 Å². The van der Waals surface area contributed by atoms with E-state index < -0.39 is 11.2 Å². The van der Waals surface area contributed by atoms with Gasteiger partial charge in [0.2, 0.25) is 0 Å². The second-order valence-electron chi connectivity index (χ2n) is 10.4. The monoisotopic (exact) mass is 460 g/mol. The summed E-state index contributed by atoms with van der Waals surface area (Å²) in [5, 5.41) is 21.8. The maximum absolute atomic E-state index is 13.5. The zero-order valence-electron chi connectivity index (χ0n) is 19.6. The second-order valence-corrected chi connectivity index (χ2v) is 10.4. The molecule has 0 aromatic heterocycles. The normalized spacial score (nSPS) is 21.2. The third kappa shape index (κ3) is 4.05. The van der Waals surface area contributed by atoms with Crippen LogP contribution in [0.25, 0.3) is 0 Å². The van der Waals surface area contributed by atoms with Gasteiger partial charge in [-0.1, -0.05) is 62.8 Å². The van der Waals surface area contributed by atoms with E-state index in [1.54, 1.807) is 30.3 Å². The van der Waals surface area contributed by atoms with Crippen molar-refractivity contribution in [2.75, 3.05) is 0 Å². The Bertz CT molecular complexity index is 1150. The summed E-state index contributed by atoms with van der Waals surface area (Å²) in [5.41, 5.74) is 0.882. The van der Waals surface area contributed by atoms with Crippen LogP contribution in [0.15, 0.2) is 36.4 Å². The Morgan fingerprint density at radius 3 is 1.71 bits per heavy atom. The Morgan fingerprint density at radius 1 is 0.618 bits per heavy atom. The summed E-state index contributed by atoms with van der Waals surface area (Å²) in [6.07, 6.45) is 8.52. The number of hydrogen-bond acceptors (Lipinski definition) is 5. The number of carbonyl (C=O) groups is 3. The molecule has 2 aromatic rings. The van der Waals surface area contributed by atoms with Gasteiger partial charge in [-0.3, -0.25) is 14.4 Å². The lowest BCUT2D eigenvalue weighted by Crippen LogP contribution is -2.40. The average molecular weight is 461 g/mol. The summed E-state index contributed by atoms with van der Waals surface area (Å²) in [7, 11) is 0. The molecule has 0 amide bonds. The summed E-state index contributed by atoms with van der Waals surface area (Å²) in [6.45, 7) is 0. The van der Waals surface area contributed by atoms with E-state index in [1.165, 1.54) is 0 Å². The van der Waals surface area contributed by atoms with E-state index in [1.807, 2.05) is 6.07 Å². The summed E-state index contributed by atoms with van der Waals surface area (Å²) < 4.78 is 0. The maximum atomic E-state index is 13.5. The van der Waals surface area contributed by atoms with Gasteiger partial charge in [0.1, 0.15) is 11.2 Å². The van der Waals surface area contributed by atoms with Crippen molar-refractivity contribution in [1.29, 1.82) is 0 Å². The lowest BCUT2D eigenvalue weighted by molar-refractivity contribution is 0.0116. The number of rotatable bonds is 4. The Morgan fingerprint density at radius 2 is 1.12 bits per heavy atom. The van der Waals surface area contributed by atoms with Gasteiger partial charge in [0, 0.05) is 22.3 Å². The van der Waals surface area contributed by atoms with E-state index in [0.717, 1.165) is 49.7 Å². The summed E-state index contributed by atoms with van der Waals surface area (Å²) in [5.74, 6) is -0.713. The largest absolute Gasteiger partial charge is 0.382 e. The molecule has 0 aliphatic heterocycles. The number of benzene rings is 2. The molecule has 5 heteroatoms. The van der Waals surface area contributed by atoms with Crippen LogP contribution in [-0.4, -0.2) is 38.8 Å². The summed E-state index contributed by atoms with van der Waals surface area (Å²) >= 11 is 0. The van der Waals surface area contributed by atoms with Crippen LogP contribution in [0.4, 0.5) is 0 Å². The fraction of sp³-hybridized carbons (Fsp3) is 0.483. The highest BCUT2D eigenvalue weighted by atomic mass is 16.3. The minimum atomic E-state index is -1.34. The smallest absolute Gasteiger partial charge is 0.194 e. The fourth-order valence-electron chi connectivity index (χ4n) is 5.99. The highest BCUT2D eigenvalue weighted by Gasteiger charge is 2.39. The lowest BCUT2D eigenvalue weighted by Gasteiger charge is -2.30. The number of Topliss-reactive ketones (excluding diaryl/α,β-unsaturated/α-hetero) is 2. The molecule has 0 unspecified atom stereocenters. The number of hydrogen-bond donors (Lipinski definition) is 2. The highest BCUT2D eigenvalue weighted by Crippen LogP contribution is 2.34. The van der Waals surface area contributed by atoms with Crippen LogP contribution < -0.4 is 0 Å². The molecule has 5 rings (SSSR count). The zero-order chi connectivity index (χ0) is 23.9. The molecule has 2 aromatic carbocycles. The first kappa shape index (κ1) is 23.1. The standard InChI is InChI=1S/C29H32O5/c30-25-23-12-11-21(26(31)28(33)13-3-1-4-14-28)17-20(23)9-7-19-8-10-22(18-24(19)25)27(32)29(34)15-5-2-6-16-29/h8,10-12,17-18,33-34H,1-7,9,13-16H2. The Kier molecular flexibility index (Phi) is 6.03. The van der Waals surface area contributed by atoms with Crippen molar-refractivity contribution in [2.24, 2.45) is 0 Å². The first-order valence-corrected chi connectivity index (χ1v) is 12.7. The molecule has 2 N–H and O–H groups in total. The van der Waals surface area contributed by atoms with Crippen LogP contribution in [0.5, 0.6) is 0 Å². The predicted octanol–water partition coefficient (Wildman–Crippen LogP) is 4.77. The van der Waals surface area contributed by atoms with Crippen molar-refractivity contribution in [3.05, 3.63) is 69.8 Å². The quantitative estimate of drug-likeness (QED) is 0.641. The fourth-order valence-corrected chi connectivity index (χ4v) is 5.99. The van der Waals surface area contributed by atoms with Crippen LogP contribution in [0, 0.1) is 0 Å². The second kappa shape index (κ2) is 8.86. The topological polar surface area (TPSA) is 91.7 Å². The van der Waals surface area contributed by atoms with Gasteiger partial charge >= 0.3 is 0 Å². The molecule has 0 bridgehead atoms. The van der Waals surface area contributed by atoms with Gasteiger partial charge in [-0.2, -0.15) is 0 Å². The zero-order valence-corrected chi connectivity index (χ0v) is 19.6. The third-order valence-corrected chi connectivity index (χ3v) is 8.10. The van der Waals surface area contributed by atoms with Crippen LogP contribution in [0.1, 0.15) is 112 Å². The minimum absolute atomic E-state index is 0.164. The molecule has 3 aliphatic rings. The molecule has 2 saturated carbocycles. The summed E-state index contributed by atoms with van der Waals surface area (Å²) in [6, 6.07) is 10.3. The van der Waals surface area contributed by atoms with Gasteiger partial charge in [-0.05, 0) is 61.8 Å². The number of aliphatic hydroxyl groups is 2. The molecule has 5 nitrogen and oxygen atoms in total. The molecular formula is C29H32O5. The third-order valence-electron chi connectivity index (χ3n) is 8.10. The first-order valence-electron chi connectivity index (χ1n) is 12.7. The van der Waals surface area contributed by atoms with Crippen molar-refractivity contribution in [2.45, 2.75) is 88.3 Å². The van der Waals surface area contributed by atoms with Gasteiger partial charge in [0.25, 0.3) is 0 Å². The summed E-state index contributed by atoms with van der Waals surface area (Å²) in [4.78, 5) is 39.7. The maximum Gasteiger partial charge on any atom is 0.194 e. The van der Waals surface area contributed by atoms with Gasteiger partial charge in [0.05, 0.1) is 0 Å². The van der Waals surface area contributed by atoms with E-state index in [4.69, 9.17) is 0 Å². The number of aryl methyl sites for hydroxylation is 2. The minimum Gasteiger partial charge on any atom is -0.382 e. The Labute approximate surface area is 200 Å². The Balaban J connectivity index is 1.45. The predicted molar refractivity (Wildman–Crippen MR) is 128 cm³/mol. The lowest BCUT2D eigenvalue weighted by atomic mass is 9.79. The van der Waals surface area contributed by atoms with E-state index >= 15 is 0 Å². The molecule has 34 heavy (non-hydrogen) atoms. The number of fused-ring (bicyclic) bond motifs is 2. The first-order chi connectivity index (χ1) is 16.3. The van der Waals surface area contributed by atoms with E-state index in [-0.39, 0.29) is 17.3 Å². The molecule has 0 radical (unpaired) electrons. The van der Waals surface area contributed by atoms with Crippen LogP contribution >= 0.6 is 0 Å². The van der Waals surface area contributed by atoms with Gasteiger partial charge in [-0.15, -0.1) is 0 Å². The molecule has 3 aliphatic carbocycles. The Hall–Kier alpha value is -2.63. The van der Waals surface area contributed by atoms with E-state index in [2.05, 4.69) is 0 Å². The van der Waals surface area contributed by atoms with Crippen molar-refractivity contribution in [1.82, 2.24) is 0 Å². The molecule has 2 fully saturated rings. The number of carbonyl (C=O) groups excluding carboxylic acids is 3. The molecule has 0 heterocycles. The van der Waals surface area contributed by atoms with Crippen molar-refractivity contribution in [3.63, 3.8) is 0 Å². The van der Waals surface area contributed by atoms with Crippen molar-refractivity contribution < 1.29 is 24.6 Å². The molecular weight excluding hydrogens is 428 g/mol. The van der Waals surface area contributed by atoms with Gasteiger partial charge in [-0.25, -0.2) is 0 Å². The molecule has 0 spiro atoms. The van der Waals surface area contributed by atoms with Gasteiger partial charge < -0.3 is 10.2 Å². The SMILES string of the molecule is O=C1c2ccc(C(=O)C3(O)CCCCC3)cc2CCc2ccc(C(=O)C3(O)CCCCC3)cc21. The highest BCUT2D eigenvalue weighted by molar-refractivity contribution is 6.14. The molecule has 0 atom stereocenters. The van der Waals surface area contributed by atoms with E-state index in [0.29, 0.717) is 60.8 Å². The molecule has 178 valence electrons. The average Bonchev–Trinajstić information content (AvgIpc) is 3.00. The van der Waals surface area contributed by atoms with E-state index in [9.17, 15) is 24.6 Å². The van der Waals surface area contributed by atoms with Crippen LogP contribution in [0.2, 0.25) is 0 Å². The van der Waals surface area contributed by atoms with Gasteiger partial charge in [0.15, 0.2) is 17.3 Å². The number of ketones is 3. The van der Waals surface area contributed by atoms with Crippen LogP contribution in [0.3, 0.4) is 0 Å². The molecule has 0 saturated heterocycles.